The number of carbonyl (C=O) groups excluding carboxylic acids is 1. The third-order valence-corrected chi connectivity index (χ3v) is 4.79. The fraction of sp³-hybridized carbons (Fsp3) is 0.429. The molecule has 0 radical (unpaired) electrons. The van der Waals surface area contributed by atoms with Gasteiger partial charge in [0, 0.05) is 51.0 Å². The van der Waals surface area contributed by atoms with E-state index in [1.807, 2.05) is 55.2 Å². The van der Waals surface area contributed by atoms with E-state index in [1.165, 1.54) is 0 Å². The van der Waals surface area contributed by atoms with Gasteiger partial charge in [0.2, 0.25) is 5.91 Å². The van der Waals surface area contributed by atoms with Crippen LogP contribution in [0.15, 0.2) is 43.4 Å². The van der Waals surface area contributed by atoms with Crippen molar-refractivity contribution in [1.29, 1.82) is 5.26 Å². The predicted octanol–water partition coefficient (Wildman–Crippen LogP) is 2.22. The van der Waals surface area contributed by atoms with E-state index in [-0.39, 0.29) is 17.9 Å². The van der Waals surface area contributed by atoms with Gasteiger partial charge < -0.3 is 25.8 Å². The summed E-state index contributed by atoms with van der Waals surface area (Å²) >= 11 is 0. The van der Waals surface area contributed by atoms with Crippen molar-refractivity contribution in [2.75, 3.05) is 37.4 Å². The SMILES string of the molecule is C=CN(C)Cc1cc(NC(=O)C2CCNC2)ccc1N(/C=C\NC)C(C)C#N. The summed E-state index contributed by atoms with van der Waals surface area (Å²) in [7, 11) is 3.75. The average Bonchev–Trinajstić information content (AvgIpc) is 3.24. The molecule has 2 atom stereocenters. The lowest BCUT2D eigenvalue weighted by atomic mass is 10.1. The van der Waals surface area contributed by atoms with Gasteiger partial charge in [-0.15, -0.1) is 0 Å². The minimum Gasteiger partial charge on any atom is -0.393 e. The summed E-state index contributed by atoms with van der Waals surface area (Å²) in [5, 5.41) is 18.7. The molecule has 1 aromatic rings. The first-order valence-corrected chi connectivity index (χ1v) is 9.49. The third-order valence-electron chi connectivity index (χ3n) is 4.79. The monoisotopic (exact) mass is 382 g/mol. The van der Waals surface area contributed by atoms with Crippen LogP contribution >= 0.6 is 0 Å². The zero-order valence-corrected chi connectivity index (χ0v) is 16.9. The molecule has 1 fully saturated rings. The number of hydrogen-bond donors (Lipinski definition) is 3. The molecule has 7 nitrogen and oxygen atoms in total. The van der Waals surface area contributed by atoms with Crippen LogP contribution in [0.5, 0.6) is 0 Å². The largest absolute Gasteiger partial charge is 0.393 e. The van der Waals surface area contributed by atoms with Crippen LogP contribution in [0.3, 0.4) is 0 Å². The number of nitrogens with one attached hydrogen (secondary N) is 3. The summed E-state index contributed by atoms with van der Waals surface area (Å²) in [6.07, 6.45) is 6.25. The van der Waals surface area contributed by atoms with Gasteiger partial charge in [-0.25, -0.2) is 0 Å². The molecule has 0 spiro atoms. The van der Waals surface area contributed by atoms with Crippen molar-refractivity contribution in [2.24, 2.45) is 5.92 Å². The first-order chi connectivity index (χ1) is 13.5. The third kappa shape index (κ3) is 5.51. The van der Waals surface area contributed by atoms with Gasteiger partial charge >= 0.3 is 0 Å². The van der Waals surface area contributed by atoms with E-state index in [1.54, 1.807) is 12.4 Å². The van der Waals surface area contributed by atoms with E-state index < -0.39 is 0 Å². The number of nitriles is 1. The van der Waals surface area contributed by atoms with Crippen LogP contribution < -0.4 is 20.9 Å². The molecule has 28 heavy (non-hydrogen) atoms. The first-order valence-electron chi connectivity index (χ1n) is 9.49. The molecule has 2 rings (SSSR count). The Balaban J connectivity index is 2.35. The molecule has 150 valence electrons. The Morgan fingerprint density at radius 1 is 1.54 bits per heavy atom. The highest BCUT2D eigenvalue weighted by atomic mass is 16.1. The number of rotatable bonds is 9. The second-order valence-corrected chi connectivity index (χ2v) is 6.94. The van der Waals surface area contributed by atoms with Crippen LogP contribution in [0.25, 0.3) is 0 Å². The molecule has 0 aliphatic carbocycles. The molecule has 1 amide bonds. The summed E-state index contributed by atoms with van der Waals surface area (Å²) in [6, 6.07) is 7.75. The van der Waals surface area contributed by atoms with E-state index in [0.717, 1.165) is 36.4 Å². The first kappa shape index (κ1) is 21.3. The predicted molar refractivity (Wildman–Crippen MR) is 113 cm³/mol. The van der Waals surface area contributed by atoms with Crippen molar-refractivity contribution in [3.8, 4) is 6.07 Å². The lowest BCUT2D eigenvalue weighted by Crippen LogP contribution is -2.29. The summed E-state index contributed by atoms with van der Waals surface area (Å²) in [4.78, 5) is 16.3. The normalized spacial score (nSPS) is 17.0. The minimum absolute atomic E-state index is 0.00708. The molecule has 1 aliphatic heterocycles. The number of nitrogens with zero attached hydrogens (tertiary/aromatic N) is 3. The van der Waals surface area contributed by atoms with Gasteiger partial charge in [0.1, 0.15) is 6.04 Å². The lowest BCUT2D eigenvalue weighted by molar-refractivity contribution is -0.119. The van der Waals surface area contributed by atoms with E-state index in [9.17, 15) is 10.1 Å². The summed E-state index contributed by atoms with van der Waals surface area (Å²) < 4.78 is 0. The smallest absolute Gasteiger partial charge is 0.228 e. The van der Waals surface area contributed by atoms with E-state index in [2.05, 4.69) is 28.6 Å². The molecule has 3 N–H and O–H groups in total. The zero-order valence-electron chi connectivity index (χ0n) is 16.9. The van der Waals surface area contributed by atoms with Gasteiger partial charge in [-0.1, -0.05) is 6.58 Å². The molecule has 1 heterocycles. The van der Waals surface area contributed by atoms with Gasteiger partial charge in [0.05, 0.1) is 12.0 Å². The quantitative estimate of drug-likeness (QED) is 0.607. The minimum atomic E-state index is -0.345. The lowest BCUT2D eigenvalue weighted by Gasteiger charge is -2.27. The van der Waals surface area contributed by atoms with Gasteiger partial charge in [0.15, 0.2) is 0 Å². The van der Waals surface area contributed by atoms with Crippen LogP contribution in [0.1, 0.15) is 18.9 Å². The van der Waals surface area contributed by atoms with Crippen molar-refractivity contribution in [1.82, 2.24) is 15.5 Å². The molecule has 7 heteroatoms. The summed E-state index contributed by atoms with van der Waals surface area (Å²) in [5.41, 5.74) is 2.66. The Bertz CT molecular complexity index is 748. The second-order valence-electron chi connectivity index (χ2n) is 6.94. The molecule has 0 aromatic heterocycles. The van der Waals surface area contributed by atoms with Crippen LogP contribution in [-0.4, -0.2) is 44.0 Å². The maximum atomic E-state index is 12.5. The molecule has 2 unspecified atom stereocenters. The highest BCUT2D eigenvalue weighted by Gasteiger charge is 2.23. The molecule has 1 aliphatic rings. The van der Waals surface area contributed by atoms with E-state index >= 15 is 0 Å². The number of amides is 1. The van der Waals surface area contributed by atoms with Gasteiger partial charge in [-0.05, 0) is 49.9 Å². The van der Waals surface area contributed by atoms with E-state index in [4.69, 9.17) is 0 Å². The van der Waals surface area contributed by atoms with Crippen molar-refractivity contribution in [3.05, 3.63) is 48.9 Å². The maximum Gasteiger partial charge on any atom is 0.228 e. The zero-order chi connectivity index (χ0) is 20.5. The van der Waals surface area contributed by atoms with E-state index in [0.29, 0.717) is 6.54 Å². The highest BCUT2D eigenvalue weighted by molar-refractivity contribution is 5.93. The fourth-order valence-corrected chi connectivity index (χ4v) is 3.13. The van der Waals surface area contributed by atoms with Crippen LogP contribution in [0, 0.1) is 17.2 Å². The van der Waals surface area contributed by atoms with Crippen molar-refractivity contribution >= 4 is 17.3 Å². The highest BCUT2D eigenvalue weighted by Crippen LogP contribution is 2.28. The second kappa shape index (κ2) is 10.4. The Morgan fingerprint density at radius 2 is 2.32 bits per heavy atom. The number of benzene rings is 1. The van der Waals surface area contributed by atoms with Gasteiger partial charge in [-0.2, -0.15) is 5.26 Å². The Morgan fingerprint density at radius 3 is 2.93 bits per heavy atom. The van der Waals surface area contributed by atoms with Gasteiger partial charge in [0.25, 0.3) is 0 Å². The number of hydrogen-bond acceptors (Lipinski definition) is 6. The molecule has 0 saturated carbocycles. The van der Waals surface area contributed by atoms with Crippen molar-refractivity contribution < 1.29 is 4.79 Å². The Kier molecular flexibility index (Phi) is 7.90. The molecule has 1 saturated heterocycles. The van der Waals surface area contributed by atoms with Gasteiger partial charge in [-0.3, -0.25) is 4.79 Å². The van der Waals surface area contributed by atoms with Crippen LogP contribution in [-0.2, 0) is 11.3 Å². The number of anilines is 2. The molecule has 1 aromatic carbocycles. The van der Waals surface area contributed by atoms with Crippen molar-refractivity contribution in [2.45, 2.75) is 25.9 Å². The Labute approximate surface area is 167 Å². The summed E-state index contributed by atoms with van der Waals surface area (Å²) in [5.74, 6) is 0.0470. The average molecular weight is 383 g/mol. The number of carbonyl (C=O) groups is 1. The Hall–Kier alpha value is -2.98. The standard InChI is InChI=1S/C21H30N6O/c1-5-26(4)15-18-12-19(25-21(28)17-8-9-24-14-17)6-7-20(18)27(11-10-23-3)16(2)13-22/h5-7,10-12,16-17,23-24H,1,8-9,14-15H2,2-4H3,(H,25,28)/b11-10-. The molecule has 0 bridgehead atoms. The topological polar surface area (TPSA) is 83.4 Å². The van der Waals surface area contributed by atoms with Crippen LogP contribution in [0.4, 0.5) is 11.4 Å². The molecular formula is C21H30N6O. The van der Waals surface area contributed by atoms with Crippen LogP contribution in [0.2, 0.25) is 0 Å². The maximum absolute atomic E-state index is 12.5. The van der Waals surface area contributed by atoms with Crippen molar-refractivity contribution in [3.63, 3.8) is 0 Å². The fourth-order valence-electron chi connectivity index (χ4n) is 3.13. The molecular weight excluding hydrogens is 352 g/mol. The summed E-state index contributed by atoms with van der Waals surface area (Å²) in [6.45, 7) is 7.87.